The Morgan fingerprint density at radius 2 is 1.90 bits per heavy atom. The topological polar surface area (TPSA) is 50.4 Å². The van der Waals surface area contributed by atoms with Crippen molar-refractivity contribution in [3.05, 3.63) is 60.2 Å². The minimum Gasteiger partial charge on any atom is -0.478 e. The third-order valence-electron chi connectivity index (χ3n) is 3.45. The van der Waals surface area contributed by atoms with Crippen LogP contribution in [0.25, 0.3) is 21.9 Å². The maximum Gasteiger partial charge on any atom is 0.327 e. The maximum atomic E-state index is 10.6. The summed E-state index contributed by atoms with van der Waals surface area (Å²) in [6.45, 7) is 1.98. The maximum absolute atomic E-state index is 10.6. The lowest BCUT2D eigenvalue weighted by Crippen LogP contribution is -1.92. The molecule has 0 amide bonds. The van der Waals surface area contributed by atoms with E-state index in [1.807, 2.05) is 43.3 Å². The molecular formula is C17H14O3. The molecule has 0 radical (unpaired) electrons. The zero-order valence-electron chi connectivity index (χ0n) is 11.0. The molecule has 0 saturated heterocycles. The minimum absolute atomic E-state index is 0.0455. The number of hydrogen-bond acceptors (Lipinski definition) is 2. The fourth-order valence-corrected chi connectivity index (χ4v) is 2.36. The van der Waals surface area contributed by atoms with Crippen LogP contribution in [0.4, 0.5) is 0 Å². The Morgan fingerprint density at radius 3 is 2.70 bits per heavy atom. The summed E-state index contributed by atoms with van der Waals surface area (Å²) in [5.74, 6) is -0.879. The lowest BCUT2D eigenvalue weighted by Gasteiger charge is -2.06. The summed E-state index contributed by atoms with van der Waals surface area (Å²) < 4.78 is 5.77. The molecule has 0 aliphatic heterocycles. The fourth-order valence-electron chi connectivity index (χ4n) is 2.36. The number of para-hydroxylation sites is 1. The van der Waals surface area contributed by atoms with Crippen LogP contribution in [0.15, 0.2) is 59.0 Å². The quantitative estimate of drug-likeness (QED) is 0.718. The Bertz CT molecular complexity index is 811. The second-order valence-electron chi connectivity index (χ2n) is 4.84. The average molecular weight is 266 g/mol. The first kappa shape index (κ1) is 12.5. The van der Waals surface area contributed by atoms with Gasteiger partial charge < -0.3 is 9.52 Å². The van der Waals surface area contributed by atoms with Crippen LogP contribution in [0.5, 0.6) is 0 Å². The van der Waals surface area contributed by atoms with Crippen molar-refractivity contribution in [2.45, 2.75) is 12.8 Å². The number of fused-ring (bicyclic) bond motifs is 3. The molecule has 1 aromatic heterocycles. The van der Waals surface area contributed by atoms with Gasteiger partial charge in [0.15, 0.2) is 0 Å². The second-order valence-corrected chi connectivity index (χ2v) is 4.84. The highest BCUT2D eigenvalue weighted by molar-refractivity contribution is 6.05. The van der Waals surface area contributed by atoms with E-state index >= 15 is 0 Å². The van der Waals surface area contributed by atoms with E-state index in [9.17, 15) is 4.79 Å². The normalized spacial score (nSPS) is 13.2. The zero-order chi connectivity index (χ0) is 14.1. The van der Waals surface area contributed by atoms with Crippen LogP contribution in [-0.2, 0) is 4.79 Å². The number of hydrogen-bond donors (Lipinski definition) is 1. The predicted octanol–water partition coefficient (Wildman–Crippen LogP) is 4.33. The van der Waals surface area contributed by atoms with E-state index in [4.69, 9.17) is 9.52 Å². The van der Waals surface area contributed by atoms with Crippen LogP contribution in [0.2, 0.25) is 0 Å². The standard InChI is InChI=1S/C17H14O3/c1-11(6-9-17(18)19)12-7-8-16-14(10-12)13-4-2-3-5-15(13)20-16/h2-11H,1H3,(H,18,19). The molecule has 3 rings (SSSR count). The molecule has 0 fully saturated rings. The monoisotopic (exact) mass is 266 g/mol. The van der Waals surface area contributed by atoms with Crippen LogP contribution in [0.1, 0.15) is 18.4 Å². The van der Waals surface area contributed by atoms with E-state index in [1.165, 1.54) is 6.08 Å². The number of rotatable bonds is 3. The van der Waals surface area contributed by atoms with Gasteiger partial charge in [0, 0.05) is 16.8 Å². The van der Waals surface area contributed by atoms with E-state index in [2.05, 4.69) is 6.07 Å². The predicted molar refractivity (Wildman–Crippen MR) is 78.9 cm³/mol. The lowest BCUT2D eigenvalue weighted by atomic mass is 9.98. The third-order valence-corrected chi connectivity index (χ3v) is 3.45. The molecule has 3 nitrogen and oxygen atoms in total. The highest BCUT2D eigenvalue weighted by Gasteiger charge is 2.09. The van der Waals surface area contributed by atoms with Gasteiger partial charge in [-0.05, 0) is 29.7 Å². The van der Waals surface area contributed by atoms with Gasteiger partial charge in [-0.1, -0.05) is 37.3 Å². The van der Waals surface area contributed by atoms with Gasteiger partial charge in [-0.3, -0.25) is 0 Å². The van der Waals surface area contributed by atoms with Crippen molar-refractivity contribution in [1.29, 1.82) is 0 Å². The summed E-state index contributed by atoms with van der Waals surface area (Å²) in [5, 5.41) is 10.8. The smallest absolute Gasteiger partial charge is 0.327 e. The number of benzene rings is 2. The van der Waals surface area contributed by atoms with E-state index < -0.39 is 5.97 Å². The number of aliphatic carboxylic acids is 1. The van der Waals surface area contributed by atoms with Crippen LogP contribution in [-0.4, -0.2) is 11.1 Å². The van der Waals surface area contributed by atoms with Crippen molar-refractivity contribution >= 4 is 27.9 Å². The molecule has 100 valence electrons. The highest BCUT2D eigenvalue weighted by Crippen LogP contribution is 2.31. The number of allylic oxidation sites excluding steroid dienone is 1. The molecule has 0 bridgehead atoms. The average Bonchev–Trinajstić information content (AvgIpc) is 2.82. The molecular weight excluding hydrogens is 252 g/mol. The summed E-state index contributed by atoms with van der Waals surface area (Å²) in [5.41, 5.74) is 2.79. The molecule has 1 atom stereocenters. The van der Waals surface area contributed by atoms with Gasteiger partial charge in [0.2, 0.25) is 0 Å². The van der Waals surface area contributed by atoms with E-state index in [0.29, 0.717) is 0 Å². The van der Waals surface area contributed by atoms with Crippen molar-refractivity contribution in [3.8, 4) is 0 Å². The van der Waals surface area contributed by atoms with Gasteiger partial charge in [-0.25, -0.2) is 4.79 Å². The first-order valence-corrected chi connectivity index (χ1v) is 6.47. The van der Waals surface area contributed by atoms with Crippen molar-refractivity contribution in [2.75, 3.05) is 0 Å². The van der Waals surface area contributed by atoms with Gasteiger partial charge in [0.05, 0.1) is 0 Å². The van der Waals surface area contributed by atoms with Gasteiger partial charge in [0.25, 0.3) is 0 Å². The van der Waals surface area contributed by atoms with Gasteiger partial charge in [-0.15, -0.1) is 0 Å². The summed E-state index contributed by atoms with van der Waals surface area (Å²) in [4.78, 5) is 10.6. The van der Waals surface area contributed by atoms with Crippen molar-refractivity contribution in [3.63, 3.8) is 0 Å². The molecule has 2 aromatic carbocycles. The van der Waals surface area contributed by atoms with Gasteiger partial charge >= 0.3 is 5.97 Å². The molecule has 1 heterocycles. The van der Waals surface area contributed by atoms with Crippen LogP contribution < -0.4 is 0 Å². The van der Waals surface area contributed by atoms with E-state index in [-0.39, 0.29) is 5.92 Å². The largest absolute Gasteiger partial charge is 0.478 e. The molecule has 1 N–H and O–H groups in total. The molecule has 0 aliphatic carbocycles. The molecule has 3 heteroatoms. The molecule has 20 heavy (non-hydrogen) atoms. The molecule has 0 saturated carbocycles. The Kier molecular flexibility index (Phi) is 3.03. The number of carboxylic acid groups (broad SMARTS) is 1. The van der Waals surface area contributed by atoms with Crippen molar-refractivity contribution in [1.82, 2.24) is 0 Å². The van der Waals surface area contributed by atoms with Gasteiger partial charge in [-0.2, -0.15) is 0 Å². The minimum atomic E-state index is -0.924. The van der Waals surface area contributed by atoms with Crippen LogP contribution in [0.3, 0.4) is 0 Å². The Hall–Kier alpha value is -2.55. The Balaban J connectivity index is 2.09. The first-order valence-electron chi connectivity index (χ1n) is 6.47. The first-order chi connectivity index (χ1) is 9.65. The second kappa shape index (κ2) is 4.85. The summed E-state index contributed by atoms with van der Waals surface area (Å²) in [6, 6.07) is 13.9. The summed E-state index contributed by atoms with van der Waals surface area (Å²) in [7, 11) is 0. The van der Waals surface area contributed by atoms with E-state index in [1.54, 1.807) is 6.08 Å². The lowest BCUT2D eigenvalue weighted by molar-refractivity contribution is -0.131. The van der Waals surface area contributed by atoms with Crippen LogP contribution in [0, 0.1) is 0 Å². The van der Waals surface area contributed by atoms with Gasteiger partial charge in [0.1, 0.15) is 11.2 Å². The summed E-state index contributed by atoms with van der Waals surface area (Å²) in [6.07, 6.45) is 2.87. The Morgan fingerprint density at radius 1 is 1.15 bits per heavy atom. The Labute approximate surface area is 116 Å². The number of carboxylic acids is 1. The molecule has 0 aliphatic rings. The third kappa shape index (κ3) is 2.18. The summed E-state index contributed by atoms with van der Waals surface area (Å²) >= 11 is 0. The van der Waals surface area contributed by atoms with Crippen LogP contribution >= 0.6 is 0 Å². The van der Waals surface area contributed by atoms with E-state index in [0.717, 1.165) is 27.5 Å². The molecule has 0 spiro atoms. The fraction of sp³-hybridized carbons (Fsp3) is 0.118. The number of carbonyl (C=O) groups is 1. The number of furan rings is 1. The highest BCUT2D eigenvalue weighted by atomic mass is 16.4. The van der Waals surface area contributed by atoms with Crippen molar-refractivity contribution in [2.24, 2.45) is 0 Å². The molecule has 3 aromatic rings. The van der Waals surface area contributed by atoms with Crippen molar-refractivity contribution < 1.29 is 14.3 Å². The zero-order valence-corrected chi connectivity index (χ0v) is 11.0. The molecule has 1 unspecified atom stereocenters. The SMILES string of the molecule is CC(C=CC(=O)O)c1ccc2oc3ccccc3c2c1.